The number of fused-ring (bicyclic) bond motifs is 1. The zero-order valence-corrected chi connectivity index (χ0v) is 19.6. The van der Waals surface area contributed by atoms with Gasteiger partial charge >= 0.3 is 0 Å². The molecule has 6 nitrogen and oxygen atoms in total. The number of benzene rings is 2. The molecule has 0 bridgehead atoms. The highest BCUT2D eigenvalue weighted by Crippen LogP contribution is 2.32. The molecular weight excluding hydrogens is 440 g/mol. The van der Waals surface area contributed by atoms with E-state index in [-0.39, 0.29) is 24.2 Å². The summed E-state index contributed by atoms with van der Waals surface area (Å²) < 4.78 is 10.2. The number of carbonyl (C=O) groups is 2. The Balaban J connectivity index is 0.000000583. The number of halogens is 1. The van der Waals surface area contributed by atoms with Crippen LogP contribution in [-0.4, -0.2) is 31.3 Å². The maximum atomic E-state index is 13.0. The summed E-state index contributed by atoms with van der Waals surface area (Å²) in [5.74, 6) is -0.116. The van der Waals surface area contributed by atoms with Crippen molar-refractivity contribution in [1.82, 2.24) is 0 Å². The Hall–Kier alpha value is -2.93. The molecule has 2 atom stereocenters. The van der Waals surface area contributed by atoms with E-state index >= 15 is 0 Å². The predicted molar refractivity (Wildman–Crippen MR) is 132 cm³/mol. The molecule has 1 aliphatic heterocycles. The third kappa shape index (κ3) is 7.02. The maximum Gasteiger partial charge on any atom is 0.293 e. The van der Waals surface area contributed by atoms with Crippen molar-refractivity contribution in [1.29, 1.82) is 0 Å². The second-order valence-electron chi connectivity index (χ2n) is 7.66. The second kappa shape index (κ2) is 12.9. The van der Waals surface area contributed by atoms with Crippen LogP contribution in [0.15, 0.2) is 78.9 Å². The first kappa shape index (κ1) is 26.3. The van der Waals surface area contributed by atoms with E-state index in [2.05, 4.69) is 10.8 Å². The number of anilines is 1. The number of hydrogen-bond acceptors (Lipinski definition) is 5. The molecule has 0 radical (unpaired) electrons. The molecule has 7 heteroatoms. The lowest BCUT2D eigenvalue weighted by atomic mass is 9.88. The number of nitrogens with zero attached hydrogens (tertiary/aromatic N) is 1. The van der Waals surface area contributed by atoms with Gasteiger partial charge in [0.15, 0.2) is 0 Å². The molecule has 2 aromatic rings. The van der Waals surface area contributed by atoms with E-state index in [0.717, 1.165) is 24.2 Å². The fourth-order valence-corrected chi connectivity index (χ4v) is 3.81. The van der Waals surface area contributed by atoms with Gasteiger partial charge in [0, 0.05) is 24.6 Å². The zero-order chi connectivity index (χ0) is 22.8. The molecule has 0 spiro atoms. The van der Waals surface area contributed by atoms with Gasteiger partial charge in [-0.05, 0) is 36.6 Å². The van der Waals surface area contributed by atoms with Crippen molar-refractivity contribution >= 4 is 30.5 Å². The Morgan fingerprint density at radius 2 is 1.88 bits per heavy atom. The van der Waals surface area contributed by atoms with Gasteiger partial charge in [0.05, 0.1) is 13.2 Å². The van der Waals surface area contributed by atoms with Crippen molar-refractivity contribution in [3.8, 4) is 0 Å². The average molecular weight is 471 g/mol. The molecule has 0 saturated carbocycles. The maximum absolute atomic E-state index is 13.0. The van der Waals surface area contributed by atoms with Crippen LogP contribution < -0.4 is 10.6 Å². The second-order valence-corrected chi connectivity index (χ2v) is 7.66. The predicted octanol–water partition coefficient (Wildman–Crippen LogP) is 4.18. The van der Waals surface area contributed by atoms with E-state index in [4.69, 9.17) is 10.5 Å². The third-order valence-corrected chi connectivity index (χ3v) is 5.54. The van der Waals surface area contributed by atoms with Crippen molar-refractivity contribution < 1.29 is 19.1 Å². The van der Waals surface area contributed by atoms with Gasteiger partial charge < -0.3 is 14.4 Å². The van der Waals surface area contributed by atoms with E-state index in [9.17, 15) is 9.59 Å². The van der Waals surface area contributed by atoms with E-state index in [1.807, 2.05) is 77.7 Å². The number of nitrogens with two attached hydrogens (primary N) is 1. The van der Waals surface area contributed by atoms with Crippen LogP contribution >= 0.6 is 12.4 Å². The first-order valence-electron chi connectivity index (χ1n) is 10.8. The van der Waals surface area contributed by atoms with E-state index in [1.165, 1.54) is 5.56 Å². The molecule has 0 unspecified atom stereocenters. The number of rotatable bonds is 7. The number of carbonyl (C=O) groups excluding carboxylic acids is 2. The summed E-state index contributed by atoms with van der Waals surface area (Å²) in [6.45, 7) is 3.80. The average Bonchev–Trinajstić information content (AvgIpc) is 3.25. The summed E-state index contributed by atoms with van der Waals surface area (Å²) >= 11 is 0. The van der Waals surface area contributed by atoms with Crippen LogP contribution in [0.25, 0.3) is 0 Å². The van der Waals surface area contributed by atoms with Gasteiger partial charge in [-0.2, -0.15) is 0 Å². The van der Waals surface area contributed by atoms with Gasteiger partial charge in [0.1, 0.15) is 5.72 Å². The number of ether oxygens (including phenoxy) is 2. The zero-order valence-electron chi connectivity index (χ0n) is 18.8. The highest BCUT2D eigenvalue weighted by molar-refractivity contribution is 5.95. The van der Waals surface area contributed by atoms with Crippen molar-refractivity contribution in [2.45, 2.75) is 32.1 Å². The van der Waals surface area contributed by atoms with Gasteiger partial charge in [-0.25, -0.2) is 0 Å². The fourth-order valence-electron chi connectivity index (χ4n) is 3.81. The van der Waals surface area contributed by atoms with Gasteiger partial charge in [0.2, 0.25) is 5.91 Å². The van der Waals surface area contributed by atoms with Gasteiger partial charge in [-0.3, -0.25) is 15.3 Å². The standard InChI is InChI=1S/C23H24N2O2.C3H6O2.ClH/c24-23(27-17-18-8-2-1-3-9-18)14-7-6-11-20(23)16-22(26)25-15-13-19-10-4-5-12-21(19)25;1-2-5-3-4;/h1-12,14,20H,13,15-17,24H2;3H,2H2,1H3;1H/t20-,23+;;/m1../s1. The lowest BCUT2D eigenvalue weighted by molar-refractivity contribution is -0.128. The number of hydrogen-bond donors (Lipinski definition) is 1. The van der Waals surface area contributed by atoms with E-state index < -0.39 is 5.72 Å². The first-order valence-corrected chi connectivity index (χ1v) is 10.8. The number of amides is 1. The van der Waals surface area contributed by atoms with Crippen LogP contribution in [-0.2, 0) is 32.1 Å². The molecule has 1 amide bonds. The molecular formula is C26H31ClN2O4. The van der Waals surface area contributed by atoms with Gasteiger partial charge in [-0.1, -0.05) is 66.8 Å². The summed E-state index contributed by atoms with van der Waals surface area (Å²) in [7, 11) is 0. The quantitative estimate of drug-likeness (QED) is 0.485. The van der Waals surface area contributed by atoms with Gasteiger partial charge in [0.25, 0.3) is 6.47 Å². The lowest BCUT2D eigenvalue weighted by Gasteiger charge is -2.35. The van der Waals surface area contributed by atoms with E-state index in [0.29, 0.717) is 26.1 Å². The molecule has 176 valence electrons. The third-order valence-electron chi connectivity index (χ3n) is 5.54. The van der Waals surface area contributed by atoms with Crippen molar-refractivity contribution in [3.63, 3.8) is 0 Å². The molecule has 33 heavy (non-hydrogen) atoms. The van der Waals surface area contributed by atoms with Crippen LogP contribution in [0, 0.1) is 5.92 Å². The Kier molecular flexibility index (Phi) is 10.3. The highest BCUT2D eigenvalue weighted by atomic mass is 35.5. The Morgan fingerprint density at radius 3 is 2.58 bits per heavy atom. The topological polar surface area (TPSA) is 81.9 Å². The molecule has 2 N–H and O–H groups in total. The van der Waals surface area contributed by atoms with Crippen molar-refractivity contribution in [2.75, 3.05) is 18.1 Å². The largest absolute Gasteiger partial charge is 0.468 e. The Labute approximate surface area is 201 Å². The number of allylic oxidation sites excluding steroid dienone is 2. The summed E-state index contributed by atoms with van der Waals surface area (Å²) in [4.78, 5) is 24.1. The molecule has 1 aliphatic carbocycles. The van der Waals surface area contributed by atoms with Crippen LogP contribution in [0.4, 0.5) is 5.69 Å². The molecule has 0 aromatic heterocycles. The summed E-state index contributed by atoms with van der Waals surface area (Å²) in [5.41, 5.74) is 8.88. The van der Waals surface area contributed by atoms with E-state index in [1.54, 1.807) is 6.92 Å². The Morgan fingerprint density at radius 1 is 1.15 bits per heavy atom. The number of para-hydroxylation sites is 1. The SMILES string of the molecule is CCOC=O.Cl.N[C@]1(OCc2ccccc2)C=CC=C[C@@H]1CC(=O)N1CCc2ccccc21. The first-order chi connectivity index (χ1) is 15.6. The van der Waals surface area contributed by atoms with Crippen LogP contribution in [0.2, 0.25) is 0 Å². The molecule has 0 fully saturated rings. The minimum absolute atomic E-state index is 0. The molecule has 1 heterocycles. The highest BCUT2D eigenvalue weighted by Gasteiger charge is 2.37. The van der Waals surface area contributed by atoms with Crippen molar-refractivity contribution in [3.05, 3.63) is 90.0 Å². The molecule has 4 rings (SSSR count). The lowest BCUT2D eigenvalue weighted by Crippen LogP contribution is -2.49. The Bertz CT molecular complexity index is 964. The van der Waals surface area contributed by atoms with Crippen LogP contribution in [0.3, 0.4) is 0 Å². The monoisotopic (exact) mass is 470 g/mol. The summed E-state index contributed by atoms with van der Waals surface area (Å²) in [6.07, 6.45) is 8.88. The fraction of sp³-hybridized carbons (Fsp3) is 0.308. The van der Waals surface area contributed by atoms with Crippen LogP contribution in [0.1, 0.15) is 24.5 Å². The normalized spacial score (nSPS) is 20.2. The molecule has 0 saturated heterocycles. The summed E-state index contributed by atoms with van der Waals surface area (Å²) in [6, 6.07) is 18.0. The van der Waals surface area contributed by atoms with Crippen molar-refractivity contribution in [2.24, 2.45) is 11.7 Å². The van der Waals surface area contributed by atoms with Crippen LogP contribution in [0.5, 0.6) is 0 Å². The van der Waals surface area contributed by atoms with Gasteiger partial charge in [-0.15, -0.1) is 12.4 Å². The smallest absolute Gasteiger partial charge is 0.293 e. The minimum atomic E-state index is -0.987. The molecule has 2 aromatic carbocycles. The molecule has 2 aliphatic rings. The minimum Gasteiger partial charge on any atom is -0.468 e. The summed E-state index contributed by atoms with van der Waals surface area (Å²) in [5, 5.41) is 0.